The minimum absolute atomic E-state index is 0.160. The van der Waals surface area contributed by atoms with Crippen LogP contribution in [0.2, 0.25) is 0 Å². The summed E-state index contributed by atoms with van der Waals surface area (Å²) in [6, 6.07) is 0. The van der Waals surface area contributed by atoms with Crippen LogP contribution in [-0.4, -0.2) is 39.9 Å². The molecule has 0 bridgehead atoms. The maximum absolute atomic E-state index is 11.5. The Hall–Kier alpha value is -0.610. The fraction of sp³-hybridized carbons (Fsp3) is 0.923. The zero-order valence-electron chi connectivity index (χ0n) is 11.5. The van der Waals surface area contributed by atoms with Crippen molar-refractivity contribution in [2.24, 2.45) is 10.8 Å². The molecule has 0 heterocycles. The van der Waals surface area contributed by atoms with E-state index in [4.69, 9.17) is 9.47 Å². The number of hydrogen-bond acceptors (Lipinski definition) is 4. The summed E-state index contributed by atoms with van der Waals surface area (Å²) in [5.41, 5.74) is -0.0334. The van der Waals surface area contributed by atoms with Crippen molar-refractivity contribution in [3.05, 3.63) is 0 Å². The van der Waals surface area contributed by atoms with Gasteiger partial charge in [-0.15, -0.1) is 0 Å². The fourth-order valence-corrected chi connectivity index (χ4v) is 2.00. The van der Waals surface area contributed by atoms with Gasteiger partial charge in [-0.25, -0.2) is 0 Å². The number of rotatable bonds is 8. The first-order chi connectivity index (χ1) is 7.96. The molecule has 0 aromatic rings. The molecule has 0 spiro atoms. The molecule has 0 amide bonds. The lowest BCUT2D eigenvalue weighted by Crippen LogP contribution is -2.39. The van der Waals surface area contributed by atoms with E-state index in [0.717, 1.165) is 19.6 Å². The molecule has 0 saturated heterocycles. The van der Waals surface area contributed by atoms with Crippen molar-refractivity contribution in [3.63, 3.8) is 0 Å². The van der Waals surface area contributed by atoms with E-state index in [9.17, 15) is 4.79 Å². The molecular weight excluding hydrogens is 218 g/mol. The lowest BCUT2D eigenvalue weighted by atomic mass is 9.93. The highest BCUT2D eigenvalue weighted by molar-refractivity contribution is 5.76. The van der Waals surface area contributed by atoms with Crippen LogP contribution in [0.4, 0.5) is 0 Å². The molecule has 1 aliphatic carbocycles. The van der Waals surface area contributed by atoms with Crippen molar-refractivity contribution in [2.75, 3.05) is 33.9 Å². The Bertz CT molecular complexity index is 259. The van der Waals surface area contributed by atoms with Gasteiger partial charge in [-0.1, -0.05) is 0 Å². The van der Waals surface area contributed by atoms with E-state index in [-0.39, 0.29) is 5.97 Å². The molecule has 1 rings (SSSR count). The van der Waals surface area contributed by atoms with Crippen LogP contribution in [0, 0.1) is 10.8 Å². The van der Waals surface area contributed by atoms with Crippen LogP contribution in [0.1, 0.15) is 33.1 Å². The van der Waals surface area contributed by atoms with Crippen LogP contribution in [0.25, 0.3) is 0 Å². The predicted octanol–water partition coefficient (Wildman–Crippen LogP) is 1.59. The Morgan fingerprint density at radius 3 is 2.47 bits per heavy atom. The van der Waals surface area contributed by atoms with E-state index in [2.05, 4.69) is 5.32 Å². The van der Waals surface area contributed by atoms with Crippen LogP contribution >= 0.6 is 0 Å². The topological polar surface area (TPSA) is 47.6 Å². The lowest BCUT2D eigenvalue weighted by molar-refractivity contribution is -0.150. The first kappa shape index (κ1) is 14.5. The molecule has 0 unspecified atom stereocenters. The van der Waals surface area contributed by atoms with E-state index >= 15 is 0 Å². The number of nitrogens with one attached hydrogen (secondary N) is 1. The van der Waals surface area contributed by atoms with Crippen molar-refractivity contribution in [3.8, 4) is 0 Å². The highest BCUT2D eigenvalue weighted by Gasteiger charge is 2.42. The first-order valence-corrected chi connectivity index (χ1v) is 6.24. The van der Waals surface area contributed by atoms with E-state index < -0.39 is 5.41 Å². The molecule has 100 valence electrons. The number of hydrogen-bond donors (Lipinski definition) is 1. The average molecular weight is 243 g/mol. The summed E-state index contributed by atoms with van der Waals surface area (Å²) in [6.45, 7) is 6.26. The molecule has 4 nitrogen and oxygen atoms in total. The molecule has 0 aliphatic heterocycles. The third-order valence-electron chi connectivity index (χ3n) is 3.60. The summed E-state index contributed by atoms with van der Waals surface area (Å²) in [4.78, 5) is 11.5. The third kappa shape index (κ3) is 4.28. The van der Waals surface area contributed by atoms with E-state index in [1.807, 2.05) is 13.8 Å². The van der Waals surface area contributed by atoms with Crippen molar-refractivity contribution in [2.45, 2.75) is 33.1 Å². The summed E-state index contributed by atoms with van der Waals surface area (Å²) in [6.07, 6.45) is 3.64. The highest BCUT2D eigenvalue weighted by Crippen LogP contribution is 2.48. The van der Waals surface area contributed by atoms with Gasteiger partial charge in [0.2, 0.25) is 0 Å². The van der Waals surface area contributed by atoms with Crippen molar-refractivity contribution in [1.82, 2.24) is 5.32 Å². The quantitative estimate of drug-likeness (QED) is 0.658. The Morgan fingerprint density at radius 1 is 1.35 bits per heavy atom. The molecule has 0 aromatic carbocycles. The molecule has 0 radical (unpaired) electrons. The summed E-state index contributed by atoms with van der Waals surface area (Å²) in [5, 5.41) is 3.40. The van der Waals surface area contributed by atoms with Crippen molar-refractivity contribution in [1.29, 1.82) is 0 Å². The van der Waals surface area contributed by atoms with Crippen molar-refractivity contribution >= 4 is 5.97 Å². The van der Waals surface area contributed by atoms with Gasteiger partial charge in [-0.3, -0.25) is 4.79 Å². The second-order valence-electron chi connectivity index (χ2n) is 5.72. The van der Waals surface area contributed by atoms with E-state index in [0.29, 0.717) is 12.0 Å². The fourth-order valence-electron chi connectivity index (χ4n) is 2.00. The maximum atomic E-state index is 11.5. The number of carbonyl (C=O) groups is 1. The summed E-state index contributed by atoms with van der Waals surface area (Å²) >= 11 is 0. The van der Waals surface area contributed by atoms with Gasteiger partial charge < -0.3 is 14.8 Å². The Balaban J connectivity index is 2.25. The van der Waals surface area contributed by atoms with Gasteiger partial charge in [0, 0.05) is 26.8 Å². The van der Waals surface area contributed by atoms with Gasteiger partial charge in [0.25, 0.3) is 0 Å². The minimum Gasteiger partial charge on any atom is -0.469 e. The number of methoxy groups -OCH3 is 2. The molecule has 0 atom stereocenters. The molecule has 0 aromatic heterocycles. The SMILES string of the molecule is COCCC1(CNCC(C)(C)C(=O)OC)CC1. The van der Waals surface area contributed by atoms with Gasteiger partial charge in [0.1, 0.15) is 0 Å². The number of esters is 1. The molecular formula is C13H25NO3. The van der Waals surface area contributed by atoms with Gasteiger partial charge in [-0.2, -0.15) is 0 Å². The van der Waals surface area contributed by atoms with Gasteiger partial charge >= 0.3 is 5.97 Å². The van der Waals surface area contributed by atoms with E-state index in [1.165, 1.54) is 20.0 Å². The summed E-state index contributed by atoms with van der Waals surface area (Å²) < 4.78 is 9.90. The van der Waals surface area contributed by atoms with Gasteiger partial charge in [-0.05, 0) is 38.5 Å². The Kier molecular flexibility index (Phi) is 4.95. The maximum Gasteiger partial charge on any atom is 0.312 e. The number of ether oxygens (including phenoxy) is 2. The van der Waals surface area contributed by atoms with Crippen LogP contribution in [0.15, 0.2) is 0 Å². The van der Waals surface area contributed by atoms with Crippen LogP contribution < -0.4 is 5.32 Å². The first-order valence-electron chi connectivity index (χ1n) is 6.24. The summed E-state index contributed by atoms with van der Waals surface area (Å²) in [7, 11) is 3.18. The largest absolute Gasteiger partial charge is 0.469 e. The second-order valence-corrected chi connectivity index (χ2v) is 5.72. The smallest absolute Gasteiger partial charge is 0.312 e. The Labute approximate surface area is 104 Å². The zero-order chi connectivity index (χ0) is 12.9. The lowest BCUT2D eigenvalue weighted by Gasteiger charge is -2.24. The van der Waals surface area contributed by atoms with E-state index in [1.54, 1.807) is 7.11 Å². The molecule has 1 aliphatic rings. The van der Waals surface area contributed by atoms with Gasteiger partial charge in [0.15, 0.2) is 0 Å². The molecule has 1 fully saturated rings. The van der Waals surface area contributed by atoms with Crippen LogP contribution in [0.5, 0.6) is 0 Å². The molecule has 17 heavy (non-hydrogen) atoms. The van der Waals surface area contributed by atoms with Gasteiger partial charge in [0.05, 0.1) is 12.5 Å². The molecule has 1 saturated carbocycles. The van der Waals surface area contributed by atoms with Crippen LogP contribution in [0.3, 0.4) is 0 Å². The number of carbonyl (C=O) groups excluding carboxylic acids is 1. The second kappa shape index (κ2) is 5.83. The van der Waals surface area contributed by atoms with Crippen molar-refractivity contribution < 1.29 is 14.3 Å². The monoisotopic (exact) mass is 243 g/mol. The minimum atomic E-state index is -0.452. The molecule has 4 heteroatoms. The Morgan fingerprint density at radius 2 is 2.00 bits per heavy atom. The molecule has 1 N–H and O–H groups in total. The highest BCUT2D eigenvalue weighted by atomic mass is 16.5. The zero-order valence-corrected chi connectivity index (χ0v) is 11.5. The average Bonchev–Trinajstić information content (AvgIpc) is 3.05. The normalized spacial score (nSPS) is 17.9. The predicted molar refractivity (Wildman–Crippen MR) is 66.8 cm³/mol. The third-order valence-corrected chi connectivity index (χ3v) is 3.60. The standard InChI is InChI=1S/C13H25NO3/c1-12(2,11(15)17-4)9-14-10-13(5-6-13)7-8-16-3/h14H,5-10H2,1-4H3. The summed E-state index contributed by atoms with van der Waals surface area (Å²) in [5.74, 6) is -0.160. The van der Waals surface area contributed by atoms with Crippen LogP contribution in [-0.2, 0) is 14.3 Å².